The molecule has 21 heavy (non-hydrogen) atoms. The van der Waals surface area contributed by atoms with Gasteiger partial charge in [-0.15, -0.1) is 0 Å². The molecular weight excluding hydrogens is 333 g/mol. The van der Waals surface area contributed by atoms with Gasteiger partial charge in [-0.25, -0.2) is 4.39 Å². The van der Waals surface area contributed by atoms with Gasteiger partial charge in [0, 0.05) is 22.4 Å². The van der Waals surface area contributed by atoms with E-state index in [2.05, 4.69) is 31.2 Å². The summed E-state index contributed by atoms with van der Waals surface area (Å²) >= 11 is 3.38. The lowest BCUT2D eigenvalue weighted by Crippen LogP contribution is -2.09. The minimum Gasteiger partial charge on any atom is -0.377 e. The van der Waals surface area contributed by atoms with Crippen molar-refractivity contribution in [3.63, 3.8) is 0 Å². The van der Waals surface area contributed by atoms with Crippen LogP contribution < -0.4 is 5.32 Å². The van der Waals surface area contributed by atoms with Crippen molar-refractivity contribution in [1.29, 1.82) is 0 Å². The van der Waals surface area contributed by atoms with E-state index in [9.17, 15) is 4.39 Å². The number of rotatable bonds is 3. The molecule has 2 aromatic heterocycles. The maximum absolute atomic E-state index is 13.8. The van der Waals surface area contributed by atoms with Crippen LogP contribution in [0.3, 0.4) is 0 Å². The standard InChI is InChI=1S/C16H13BrFN3/c1-10(12-4-2-3-5-13(12)18)21-14-6-7-19-15-8-11(17)9-20-16(14)15/h2-10H,1H3,(H,19,21). The van der Waals surface area contributed by atoms with Crippen molar-refractivity contribution in [2.45, 2.75) is 13.0 Å². The van der Waals surface area contributed by atoms with E-state index >= 15 is 0 Å². The van der Waals surface area contributed by atoms with Crippen molar-refractivity contribution in [2.75, 3.05) is 5.32 Å². The van der Waals surface area contributed by atoms with Crippen LogP contribution in [0.25, 0.3) is 11.0 Å². The Morgan fingerprint density at radius 3 is 2.81 bits per heavy atom. The Balaban J connectivity index is 1.97. The van der Waals surface area contributed by atoms with Crippen molar-refractivity contribution in [2.24, 2.45) is 0 Å². The van der Waals surface area contributed by atoms with Crippen LogP contribution in [-0.2, 0) is 0 Å². The van der Waals surface area contributed by atoms with E-state index in [1.807, 2.05) is 25.1 Å². The van der Waals surface area contributed by atoms with Crippen molar-refractivity contribution < 1.29 is 4.39 Å². The quantitative estimate of drug-likeness (QED) is 0.747. The zero-order valence-corrected chi connectivity index (χ0v) is 12.9. The average Bonchev–Trinajstić information content (AvgIpc) is 2.47. The summed E-state index contributed by atoms with van der Waals surface area (Å²) < 4.78 is 14.7. The predicted molar refractivity (Wildman–Crippen MR) is 85.7 cm³/mol. The fourth-order valence-corrected chi connectivity index (χ4v) is 2.58. The Bertz CT molecular complexity index is 791. The molecule has 106 valence electrons. The number of nitrogens with one attached hydrogen (secondary N) is 1. The van der Waals surface area contributed by atoms with Gasteiger partial charge in [0.25, 0.3) is 0 Å². The molecule has 2 heterocycles. The second kappa shape index (κ2) is 5.77. The number of fused-ring (bicyclic) bond motifs is 1. The zero-order chi connectivity index (χ0) is 14.8. The number of benzene rings is 1. The van der Waals surface area contributed by atoms with Gasteiger partial charge in [-0.1, -0.05) is 18.2 Å². The fraction of sp³-hybridized carbons (Fsp3) is 0.125. The lowest BCUT2D eigenvalue weighted by Gasteiger charge is -2.17. The Labute approximate surface area is 130 Å². The fourth-order valence-electron chi connectivity index (χ4n) is 2.26. The normalized spacial score (nSPS) is 12.3. The second-order valence-corrected chi connectivity index (χ2v) is 5.68. The Kier molecular flexibility index (Phi) is 3.84. The topological polar surface area (TPSA) is 37.8 Å². The summed E-state index contributed by atoms with van der Waals surface area (Å²) in [5.74, 6) is -0.216. The molecule has 0 fully saturated rings. The minimum atomic E-state index is -0.216. The number of hydrogen-bond acceptors (Lipinski definition) is 3. The molecule has 5 heteroatoms. The summed E-state index contributed by atoms with van der Waals surface area (Å²) in [5.41, 5.74) is 3.02. The highest BCUT2D eigenvalue weighted by molar-refractivity contribution is 9.10. The largest absolute Gasteiger partial charge is 0.377 e. The van der Waals surface area contributed by atoms with Gasteiger partial charge in [0.05, 0.1) is 17.2 Å². The van der Waals surface area contributed by atoms with Gasteiger partial charge in [0.2, 0.25) is 0 Å². The van der Waals surface area contributed by atoms with Crippen LogP contribution in [0.15, 0.2) is 53.3 Å². The highest BCUT2D eigenvalue weighted by Gasteiger charge is 2.12. The van der Waals surface area contributed by atoms with Crippen molar-refractivity contribution in [1.82, 2.24) is 9.97 Å². The lowest BCUT2D eigenvalue weighted by molar-refractivity contribution is 0.600. The van der Waals surface area contributed by atoms with Crippen molar-refractivity contribution in [3.8, 4) is 0 Å². The monoisotopic (exact) mass is 345 g/mol. The molecule has 0 aliphatic rings. The maximum atomic E-state index is 13.8. The predicted octanol–water partition coefficient (Wildman–Crippen LogP) is 4.70. The first-order valence-corrected chi connectivity index (χ1v) is 7.35. The molecular formula is C16H13BrFN3. The Morgan fingerprint density at radius 2 is 2.00 bits per heavy atom. The highest BCUT2D eigenvalue weighted by Crippen LogP contribution is 2.26. The Hall–Kier alpha value is -2.01. The van der Waals surface area contributed by atoms with E-state index < -0.39 is 0 Å². The number of anilines is 1. The molecule has 0 spiro atoms. The molecule has 3 nitrogen and oxygen atoms in total. The molecule has 3 rings (SSSR count). The third kappa shape index (κ3) is 2.88. The van der Waals surface area contributed by atoms with E-state index in [4.69, 9.17) is 0 Å². The smallest absolute Gasteiger partial charge is 0.128 e. The molecule has 0 aliphatic carbocycles. The molecule has 3 aromatic rings. The van der Waals surface area contributed by atoms with Crippen molar-refractivity contribution >= 4 is 32.7 Å². The maximum Gasteiger partial charge on any atom is 0.128 e. The lowest BCUT2D eigenvalue weighted by atomic mass is 10.1. The van der Waals surface area contributed by atoms with Gasteiger partial charge < -0.3 is 5.32 Å². The summed E-state index contributed by atoms with van der Waals surface area (Å²) in [7, 11) is 0. The van der Waals surface area contributed by atoms with Crippen LogP contribution in [0, 0.1) is 5.82 Å². The molecule has 1 atom stereocenters. The van der Waals surface area contributed by atoms with E-state index in [1.165, 1.54) is 6.07 Å². The first kappa shape index (κ1) is 13.9. The number of nitrogens with zero attached hydrogens (tertiary/aromatic N) is 2. The molecule has 0 saturated carbocycles. The van der Waals surface area contributed by atoms with Crippen LogP contribution in [0.2, 0.25) is 0 Å². The van der Waals surface area contributed by atoms with Gasteiger partial charge in [0.15, 0.2) is 0 Å². The molecule has 0 bridgehead atoms. The molecule has 0 amide bonds. The summed E-state index contributed by atoms with van der Waals surface area (Å²) in [5, 5.41) is 3.30. The van der Waals surface area contributed by atoms with Gasteiger partial charge in [-0.2, -0.15) is 0 Å². The first-order valence-electron chi connectivity index (χ1n) is 6.56. The van der Waals surface area contributed by atoms with Gasteiger partial charge in [-0.3, -0.25) is 9.97 Å². The molecule has 1 aromatic carbocycles. The van der Waals surface area contributed by atoms with E-state index in [0.717, 1.165) is 21.2 Å². The number of hydrogen-bond donors (Lipinski definition) is 1. The first-order chi connectivity index (χ1) is 10.1. The average molecular weight is 346 g/mol. The Morgan fingerprint density at radius 1 is 1.19 bits per heavy atom. The molecule has 1 unspecified atom stereocenters. The highest BCUT2D eigenvalue weighted by atomic mass is 79.9. The summed E-state index contributed by atoms with van der Waals surface area (Å²) in [6, 6.07) is 10.3. The van der Waals surface area contributed by atoms with E-state index in [0.29, 0.717) is 5.56 Å². The van der Waals surface area contributed by atoms with Crippen molar-refractivity contribution in [3.05, 3.63) is 64.6 Å². The number of halogens is 2. The molecule has 0 aliphatic heterocycles. The second-order valence-electron chi connectivity index (χ2n) is 4.77. The van der Waals surface area contributed by atoms with Crippen LogP contribution in [0.4, 0.5) is 10.1 Å². The number of aromatic nitrogens is 2. The number of pyridine rings is 2. The van der Waals surface area contributed by atoms with Crippen LogP contribution in [-0.4, -0.2) is 9.97 Å². The minimum absolute atomic E-state index is 0.165. The van der Waals surface area contributed by atoms with Gasteiger partial charge in [0.1, 0.15) is 11.3 Å². The van der Waals surface area contributed by atoms with Crippen LogP contribution in [0.1, 0.15) is 18.5 Å². The van der Waals surface area contributed by atoms with Gasteiger partial charge in [-0.05, 0) is 41.1 Å². The third-order valence-electron chi connectivity index (χ3n) is 3.29. The molecule has 0 saturated heterocycles. The molecule has 1 N–H and O–H groups in total. The van der Waals surface area contributed by atoms with Crippen LogP contribution >= 0.6 is 15.9 Å². The zero-order valence-electron chi connectivity index (χ0n) is 11.3. The van der Waals surface area contributed by atoms with Gasteiger partial charge >= 0.3 is 0 Å². The SMILES string of the molecule is CC(Nc1ccnc2cc(Br)cnc12)c1ccccc1F. The third-order valence-corrected chi connectivity index (χ3v) is 3.72. The van der Waals surface area contributed by atoms with E-state index in [1.54, 1.807) is 24.5 Å². The van der Waals surface area contributed by atoms with Crippen LogP contribution in [0.5, 0.6) is 0 Å². The van der Waals surface area contributed by atoms with E-state index in [-0.39, 0.29) is 11.9 Å². The summed E-state index contributed by atoms with van der Waals surface area (Å²) in [6.07, 6.45) is 3.44. The summed E-state index contributed by atoms with van der Waals surface area (Å²) in [4.78, 5) is 8.68. The summed E-state index contributed by atoms with van der Waals surface area (Å²) in [6.45, 7) is 1.92. The molecule has 0 radical (unpaired) electrons.